The molecule has 0 saturated carbocycles. The van der Waals surface area contributed by atoms with Gasteiger partial charge in [-0.15, -0.1) is 0 Å². The van der Waals surface area contributed by atoms with E-state index in [0.717, 1.165) is 28.9 Å². The Bertz CT molecular complexity index is 1200. The Morgan fingerprint density at radius 2 is 0.865 bits per heavy atom. The van der Waals surface area contributed by atoms with Crippen LogP contribution in [0.4, 0.5) is 11.4 Å². The van der Waals surface area contributed by atoms with Gasteiger partial charge in [0.1, 0.15) is 0 Å². The summed E-state index contributed by atoms with van der Waals surface area (Å²) < 4.78 is 12.0. The third-order valence-corrected chi connectivity index (χ3v) is 5.48. The summed E-state index contributed by atoms with van der Waals surface area (Å²) in [5.74, 6) is 1.27. The molecule has 4 heteroatoms. The van der Waals surface area contributed by atoms with Gasteiger partial charge in [-0.05, 0) is 93.8 Å². The van der Waals surface area contributed by atoms with E-state index in [9.17, 15) is 0 Å². The Morgan fingerprint density at radius 1 is 0.514 bits per heavy atom. The molecule has 0 saturated heterocycles. The van der Waals surface area contributed by atoms with Crippen molar-refractivity contribution in [2.75, 3.05) is 0 Å². The maximum Gasteiger partial charge on any atom is 0.221 e. The van der Waals surface area contributed by atoms with Crippen molar-refractivity contribution in [3.05, 3.63) is 131 Å². The second-order valence-corrected chi connectivity index (χ2v) is 9.41. The van der Waals surface area contributed by atoms with Crippen molar-refractivity contribution in [3.63, 3.8) is 0 Å². The minimum Gasteiger partial charge on any atom is -0.475 e. The van der Waals surface area contributed by atoms with E-state index in [-0.39, 0.29) is 12.2 Å². The van der Waals surface area contributed by atoms with Crippen molar-refractivity contribution >= 4 is 23.2 Å². The first-order valence-electron chi connectivity index (χ1n) is 12.8. The van der Waals surface area contributed by atoms with E-state index in [4.69, 9.17) is 19.5 Å². The van der Waals surface area contributed by atoms with Crippen molar-refractivity contribution < 1.29 is 9.47 Å². The van der Waals surface area contributed by atoms with E-state index in [1.54, 1.807) is 0 Å². The second-order valence-electron chi connectivity index (χ2n) is 9.41. The first-order valence-corrected chi connectivity index (χ1v) is 12.8. The van der Waals surface area contributed by atoms with Crippen LogP contribution >= 0.6 is 0 Å². The zero-order chi connectivity index (χ0) is 26.0. The van der Waals surface area contributed by atoms with E-state index < -0.39 is 0 Å². The number of benzene rings is 4. The van der Waals surface area contributed by atoms with Crippen molar-refractivity contribution in [1.82, 2.24) is 0 Å². The van der Waals surface area contributed by atoms with Crippen LogP contribution in [0, 0.1) is 0 Å². The molecule has 188 valence electrons. The van der Waals surface area contributed by atoms with Gasteiger partial charge in [0.15, 0.2) is 0 Å². The van der Waals surface area contributed by atoms with Gasteiger partial charge in [0.05, 0.1) is 23.6 Å². The Labute approximate surface area is 220 Å². The SMILES string of the molecule is CC(C)OC(=Nc1ccc(Cc2ccc(N=C(OC(C)C)c3ccccc3)cc2)cc1)c1ccccc1. The zero-order valence-corrected chi connectivity index (χ0v) is 22.0. The van der Waals surface area contributed by atoms with Gasteiger partial charge >= 0.3 is 0 Å². The summed E-state index contributed by atoms with van der Waals surface area (Å²) in [5, 5.41) is 0. The average molecular weight is 491 g/mol. The van der Waals surface area contributed by atoms with E-state index >= 15 is 0 Å². The van der Waals surface area contributed by atoms with Crippen LogP contribution in [0.25, 0.3) is 0 Å². The van der Waals surface area contributed by atoms with Gasteiger partial charge in [0.2, 0.25) is 11.8 Å². The summed E-state index contributed by atoms with van der Waals surface area (Å²) in [6, 6.07) is 36.6. The van der Waals surface area contributed by atoms with Crippen molar-refractivity contribution in [1.29, 1.82) is 0 Å². The maximum absolute atomic E-state index is 5.98. The molecule has 0 amide bonds. The van der Waals surface area contributed by atoms with E-state index in [2.05, 4.69) is 24.3 Å². The number of nitrogens with zero attached hydrogens (tertiary/aromatic N) is 2. The van der Waals surface area contributed by atoms with Crippen molar-refractivity contribution in [2.45, 2.75) is 46.3 Å². The molecule has 0 spiro atoms. The molecule has 0 N–H and O–H groups in total. The van der Waals surface area contributed by atoms with E-state index in [1.807, 2.05) is 113 Å². The Morgan fingerprint density at radius 3 is 1.19 bits per heavy atom. The summed E-state index contributed by atoms with van der Waals surface area (Å²) >= 11 is 0. The standard InChI is InChI=1S/C33H34N2O2/c1-24(2)36-32(28-11-7-5-8-12-28)34-30-19-15-26(16-20-30)23-27-17-21-31(22-18-27)35-33(37-25(3)4)29-13-9-6-10-14-29/h5-22,24-25H,23H2,1-4H3. The molecular formula is C33H34N2O2. The highest BCUT2D eigenvalue weighted by Crippen LogP contribution is 2.21. The van der Waals surface area contributed by atoms with Gasteiger partial charge in [-0.1, -0.05) is 60.7 Å². The number of hydrogen-bond acceptors (Lipinski definition) is 4. The Hall–Kier alpha value is -4.18. The Kier molecular flexibility index (Phi) is 8.88. The van der Waals surface area contributed by atoms with Gasteiger partial charge in [0.25, 0.3) is 0 Å². The maximum atomic E-state index is 5.98. The summed E-state index contributed by atoms with van der Waals surface area (Å²) in [7, 11) is 0. The highest BCUT2D eigenvalue weighted by atomic mass is 16.5. The summed E-state index contributed by atoms with van der Waals surface area (Å²) in [5.41, 5.74) is 6.11. The van der Waals surface area contributed by atoms with Crippen LogP contribution in [0.1, 0.15) is 49.9 Å². The molecule has 0 aliphatic carbocycles. The predicted molar refractivity (Wildman–Crippen MR) is 153 cm³/mol. The molecule has 0 aliphatic rings. The lowest BCUT2D eigenvalue weighted by Crippen LogP contribution is -2.12. The molecule has 4 rings (SSSR count). The fourth-order valence-corrected chi connectivity index (χ4v) is 3.77. The lowest BCUT2D eigenvalue weighted by molar-refractivity contribution is 0.229. The quantitative estimate of drug-likeness (QED) is 0.184. The van der Waals surface area contributed by atoms with Crippen LogP contribution in [0.5, 0.6) is 0 Å². The van der Waals surface area contributed by atoms with E-state index in [0.29, 0.717) is 11.8 Å². The number of rotatable bonds is 8. The fraction of sp³-hybridized carbons (Fsp3) is 0.212. The van der Waals surface area contributed by atoms with Gasteiger partial charge in [-0.25, -0.2) is 9.98 Å². The lowest BCUT2D eigenvalue weighted by atomic mass is 10.0. The predicted octanol–water partition coefficient (Wildman–Crippen LogP) is 8.28. The fourth-order valence-electron chi connectivity index (χ4n) is 3.77. The van der Waals surface area contributed by atoms with Crippen LogP contribution in [-0.2, 0) is 15.9 Å². The smallest absolute Gasteiger partial charge is 0.221 e. The van der Waals surface area contributed by atoms with Crippen LogP contribution in [0.15, 0.2) is 119 Å². The summed E-state index contributed by atoms with van der Waals surface area (Å²) in [6.45, 7) is 8.05. The average Bonchev–Trinajstić information content (AvgIpc) is 2.90. The van der Waals surface area contributed by atoms with Gasteiger partial charge in [0, 0.05) is 11.1 Å². The summed E-state index contributed by atoms with van der Waals surface area (Å²) in [6.07, 6.45) is 0.924. The molecule has 4 nitrogen and oxygen atoms in total. The van der Waals surface area contributed by atoms with Gasteiger partial charge in [-0.3, -0.25) is 0 Å². The van der Waals surface area contributed by atoms with Crippen LogP contribution in [0.3, 0.4) is 0 Å². The molecule has 37 heavy (non-hydrogen) atoms. The Balaban J connectivity index is 1.47. The molecule has 0 atom stereocenters. The zero-order valence-electron chi connectivity index (χ0n) is 22.0. The summed E-state index contributed by atoms with van der Waals surface area (Å²) in [4.78, 5) is 9.54. The van der Waals surface area contributed by atoms with Crippen LogP contribution in [0.2, 0.25) is 0 Å². The second kappa shape index (κ2) is 12.7. The molecule has 0 radical (unpaired) electrons. The van der Waals surface area contributed by atoms with Gasteiger partial charge < -0.3 is 9.47 Å². The topological polar surface area (TPSA) is 43.2 Å². The minimum absolute atomic E-state index is 0.0474. The largest absolute Gasteiger partial charge is 0.475 e. The molecule has 0 unspecified atom stereocenters. The van der Waals surface area contributed by atoms with Crippen LogP contribution < -0.4 is 0 Å². The number of aliphatic imine (C=N–C) groups is 2. The molecule has 4 aromatic rings. The molecule has 0 aliphatic heterocycles. The molecular weight excluding hydrogens is 456 g/mol. The highest BCUT2D eigenvalue weighted by molar-refractivity contribution is 5.96. The molecule has 4 aromatic carbocycles. The first-order chi connectivity index (χ1) is 18.0. The van der Waals surface area contributed by atoms with Crippen LogP contribution in [-0.4, -0.2) is 24.0 Å². The minimum atomic E-state index is 0.0474. The lowest BCUT2D eigenvalue weighted by Gasteiger charge is -2.13. The third-order valence-electron chi connectivity index (χ3n) is 5.48. The molecule has 0 aromatic heterocycles. The third kappa shape index (κ3) is 7.91. The van der Waals surface area contributed by atoms with Crippen molar-refractivity contribution in [2.24, 2.45) is 9.98 Å². The molecule has 0 heterocycles. The van der Waals surface area contributed by atoms with Crippen molar-refractivity contribution in [3.8, 4) is 0 Å². The van der Waals surface area contributed by atoms with E-state index in [1.165, 1.54) is 11.1 Å². The highest BCUT2D eigenvalue weighted by Gasteiger charge is 2.09. The number of ether oxygens (including phenoxy) is 2. The molecule has 0 bridgehead atoms. The normalized spacial score (nSPS) is 12.2. The number of hydrogen-bond donors (Lipinski definition) is 0. The van der Waals surface area contributed by atoms with Gasteiger partial charge in [-0.2, -0.15) is 0 Å². The first kappa shape index (κ1) is 25.9. The molecule has 0 fully saturated rings. The monoisotopic (exact) mass is 490 g/mol.